The number of hydrogen-bond donors (Lipinski definition) is 2. The molecule has 3 heteroatoms. The first kappa shape index (κ1) is 12.6. The lowest BCUT2D eigenvalue weighted by Gasteiger charge is -2.33. The van der Waals surface area contributed by atoms with Crippen molar-refractivity contribution in [3.05, 3.63) is 12.2 Å². The van der Waals surface area contributed by atoms with Crippen molar-refractivity contribution in [2.24, 2.45) is 11.3 Å². The van der Waals surface area contributed by atoms with Gasteiger partial charge in [0.25, 0.3) is 0 Å². The number of carbonyl (C=O) groups excluding carboxylic acids is 1. The van der Waals surface area contributed by atoms with Crippen molar-refractivity contribution in [3.63, 3.8) is 0 Å². The molecule has 17 heavy (non-hydrogen) atoms. The molecule has 2 rings (SSSR count). The molecular formula is C14H24N2O. The van der Waals surface area contributed by atoms with Gasteiger partial charge in [0.2, 0.25) is 5.91 Å². The Hall–Kier alpha value is -0.830. The second kappa shape index (κ2) is 5.67. The fraction of sp³-hybridized carbons (Fsp3) is 0.786. The summed E-state index contributed by atoms with van der Waals surface area (Å²) in [5.74, 6) is 0.905. The highest BCUT2D eigenvalue weighted by atomic mass is 16.2. The molecule has 1 aliphatic heterocycles. The van der Waals surface area contributed by atoms with Gasteiger partial charge in [-0.15, -0.1) is 0 Å². The Morgan fingerprint density at radius 1 is 1.41 bits per heavy atom. The van der Waals surface area contributed by atoms with Crippen molar-refractivity contribution in [2.45, 2.75) is 39.0 Å². The van der Waals surface area contributed by atoms with Gasteiger partial charge in [-0.2, -0.15) is 0 Å². The third kappa shape index (κ3) is 3.32. The van der Waals surface area contributed by atoms with Gasteiger partial charge in [0, 0.05) is 12.0 Å². The van der Waals surface area contributed by atoms with E-state index in [1.807, 2.05) is 0 Å². The molecule has 1 saturated heterocycles. The normalized spacial score (nSPS) is 27.7. The molecule has 0 aromatic carbocycles. The molecule has 96 valence electrons. The zero-order chi connectivity index (χ0) is 12.1. The van der Waals surface area contributed by atoms with E-state index < -0.39 is 0 Å². The predicted molar refractivity (Wildman–Crippen MR) is 69.7 cm³/mol. The Morgan fingerprint density at radius 3 is 2.82 bits per heavy atom. The average Bonchev–Trinajstić information content (AvgIpc) is 2.38. The molecule has 2 aliphatic rings. The van der Waals surface area contributed by atoms with Gasteiger partial charge in [-0.25, -0.2) is 0 Å². The van der Waals surface area contributed by atoms with E-state index in [1.54, 1.807) is 0 Å². The summed E-state index contributed by atoms with van der Waals surface area (Å²) in [5, 5.41) is 6.47. The van der Waals surface area contributed by atoms with Crippen LogP contribution in [0, 0.1) is 11.3 Å². The van der Waals surface area contributed by atoms with Crippen LogP contribution in [0.15, 0.2) is 12.2 Å². The van der Waals surface area contributed by atoms with Crippen molar-refractivity contribution in [2.75, 3.05) is 19.6 Å². The van der Waals surface area contributed by atoms with Crippen LogP contribution in [0.3, 0.4) is 0 Å². The van der Waals surface area contributed by atoms with E-state index >= 15 is 0 Å². The second-order valence-electron chi connectivity index (χ2n) is 5.67. The number of amides is 1. The number of allylic oxidation sites excluding steroid dienone is 2. The third-order valence-electron chi connectivity index (χ3n) is 4.18. The summed E-state index contributed by atoms with van der Waals surface area (Å²) in [4.78, 5) is 12.2. The Morgan fingerprint density at radius 2 is 2.18 bits per heavy atom. The number of rotatable bonds is 3. The van der Waals surface area contributed by atoms with Gasteiger partial charge in [0.05, 0.1) is 0 Å². The molecule has 2 N–H and O–H groups in total. The van der Waals surface area contributed by atoms with E-state index in [4.69, 9.17) is 0 Å². The van der Waals surface area contributed by atoms with E-state index in [2.05, 4.69) is 29.7 Å². The van der Waals surface area contributed by atoms with Crippen LogP contribution in [0.25, 0.3) is 0 Å². The standard InChI is InChI=1S/C14H24N2O/c1-14(7-9-15-10-8-14)13(17)16-11-12-5-3-2-4-6-12/h2-3,12,15H,4-11H2,1H3,(H,16,17). The van der Waals surface area contributed by atoms with E-state index in [-0.39, 0.29) is 11.3 Å². The summed E-state index contributed by atoms with van der Waals surface area (Å²) >= 11 is 0. The van der Waals surface area contributed by atoms with Crippen LogP contribution in [-0.4, -0.2) is 25.5 Å². The van der Waals surface area contributed by atoms with Crippen LogP contribution in [0.5, 0.6) is 0 Å². The second-order valence-corrected chi connectivity index (χ2v) is 5.67. The maximum Gasteiger partial charge on any atom is 0.226 e. The molecule has 0 radical (unpaired) electrons. The molecule has 0 spiro atoms. The minimum absolute atomic E-state index is 0.143. The van der Waals surface area contributed by atoms with Crippen molar-refractivity contribution in [3.8, 4) is 0 Å². The largest absolute Gasteiger partial charge is 0.355 e. The Balaban J connectivity index is 1.77. The van der Waals surface area contributed by atoms with Crippen LogP contribution >= 0.6 is 0 Å². The summed E-state index contributed by atoms with van der Waals surface area (Å²) in [5.41, 5.74) is -0.143. The van der Waals surface area contributed by atoms with Crippen LogP contribution < -0.4 is 10.6 Å². The summed E-state index contributed by atoms with van der Waals surface area (Å²) in [7, 11) is 0. The lowest BCUT2D eigenvalue weighted by atomic mass is 9.80. The molecule has 1 amide bonds. The van der Waals surface area contributed by atoms with E-state index in [1.165, 1.54) is 12.8 Å². The average molecular weight is 236 g/mol. The minimum atomic E-state index is -0.143. The van der Waals surface area contributed by atoms with E-state index in [9.17, 15) is 4.79 Å². The minimum Gasteiger partial charge on any atom is -0.355 e. The quantitative estimate of drug-likeness (QED) is 0.734. The van der Waals surface area contributed by atoms with Crippen molar-refractivity contribution < 1.29 is 4.79 Å². The van der Waals surface area contributed by atoms with Gasteiger partial charge >= 0.3 is 0 Å². The number of hydrogen-bond acceptors (Lipinski definition) is 2. The van der Waals surface area contributed by atoms with E-state index in [0.29, 0.717) is 5.92 Å². The summed E-state index contributed by atoms with van der Waals surface area (Å²) in [6.45, 7) is 4.89. The van der Waals surface area contributed by atoms with Crippen LogP contribution in [0.4, 0.5) is 0 Å². The zero-order valence-corrected chi connectivity index (χ0v) is 10.8. The van der Waals surface area contributed by atoms with Crippen molar-refractivity contribution >= 4 is 5.91 Å². The fourth-order valence-electron chi connectivity index (χ4n) is 2.70. The van der Waals surface area contributed by atoms with Crippen LogP contribution in [0.2, 0.25) is 0 Å². The first-order valence-electron chi connectivity index (χ1n) is 6.85. The Kier molecular flexibility index (Phi) is 4.21. The van der Waals surface area contributed by atoms with Gasteiger partial charge in [-0.05, 0) is 51.1 Å². The molecule has 1 heterocycles. The van der Waals surface area contributed by atoms with Gasteiger partial charge in [0.15, 0.2) is 0 Å². The van der Waals surface area contributed by atoms with Gasteiger partial charge in [0.1, 0.15) is 0 Å². The molecule has 0 aromatic rings. The summed E-state index contributed by atoms with van der Waals surface area (Å²) < 4.78 is 0. The van der Waals surface area contributed by atoms with E-state index in [0.717, 1.165) is 38.9 Å². The highest BCUT2D eigenvalue weighted by Crippen LogP contribution is 2.28. The van der Waals surface area contributed by atoms with Gasteiger partial charge in [-0.1, -0.05) is 19.1 Å². The summed E-state index contributed by atoms with van der Waals surface area (Å²) in [6.07, 6.45) is 9.92. The SMILES string of the molecule is CC1(C(=O)NCC2CC=CCC2)CCNCC1. The van der Waals surface area contributed by atoms with Crippen molar-refractivity contribution in [1.82, 2.24) is 10.6 Å². The number of carbonyl (C=O) groups is 1. The highest BCUT2D eigenvalue weighted by molar-refractivity contribution is 5.82. The van der Waals surface area contributed by atoms with Gasteiger partial charge < -0.3 is 10.6 Å². The Labute approximate surface area is 104 Å². The molecular weight excluding hydrogens is 212 g/mol. The monoisotopic (exact) mass is 236 g/mol. The molecule has 3 nitrogen and oxygen atoms in total. The molecule has 1 atom stereocenters. The smallest absolute Gasteiger partial charge is 0.226 e. The molecule has 1 aliphatic carbocycles. The van der Waals surface area contributed by atoms with Gasteiger partial charge in [-0.3, -0.25) is 4.79 Å². The predicted octanol–water partition coefficient (Wildman–Crippen LogP) is 1.85. The first-order chi connectivity index (χ1) is 8.21. The fourth-order valence-corrected chi connectivity index (χ4v) is 2.70. The molecule has 0 aromatic heterocycles. The zero-order valence-electron chi connectivity index (χ0n) is 10.8. The first-order valence-corrected chi connectivity index (χ1v) is 6.85. The lowest BCUT2D eigenvalue weighted by molar-refractivity contribution is -0.131. The maximum absolute atomic E-state index is 12.2. The molecule has 0 saturated carbocycles. The third-order valence-corrected chi connectivity index (χ3v) is 4.18. The number of piperidine rings is 1. The van der Waals surface area contributed by atoms with Crippen LogP contribution in [0.1, 0.15) is 39.0 Å². The van der Waals surface area contributed by atoms with Crippen LogP contribution in [-0.2, 0) is 4.79 Å². The molecule has 1 fully saturated rings. The Bertz CT molecular complexity index is 293. The maximum atomic E-state index is 12.2. The molecule has 1 unspecified atom stereocenters. The van der Waals surface area contributed by atoms with Crippen molar-refractivity contribution in [1.29, 1.82) is 0 Å². The molecule has 0 bridgehead atoms. The highest BCUT2D eigenvalue weighted by Gasteiger charge is 2.34. The topological polar surface area (TPSA) is 41.1 Å². The summed E-state index contributed by atoms with van der Waals surface area (Å²) in [6, 6.07) is 0. The number of nitrogens with one attached hydrogen (secondary N) is 2. The lowest BCUT2D eigenvalue weighted by Crippen LogP contribution is -2.46.